The SMILES string of the molecule is COc1ccc(C(=O)Nc2ccccc2C(=O)NCC2(c3ccccc3)CCOCC2)cc1. The molecule has 6 heteroatoms. The Bertz CT molecular complexity index is 1090. The van der Waals surface area contributed by atoms with E-state index in [1.54, 1.807) is 55.6 Å². The fraction of sp³-hybridized carbons (Fsp3) is 0.259. The van der Waals surface area contributed by atoms with Gasteiger partial charge in [-0.15, -0.1) is 0 Å². The molecule has 2 amide bonds. The summed E-state index contributed by atoms with van der Waals surface area (Å²) < 4.78 is 10.7. The van der Waals surface area contributed by atoms with Crippen molar-refractivity contribution >= 4 is 17.5 Å². The molecule has 0 saturated carbocycles. The maximum atomic E-state index is 13.2. The van der Waals surface area contributed by atoms with Crippen molar-refractivity contribution in [2.24, 2.45) is 0 Å². The lowest BCUT2D eigenvalue weighted by Crippen LogP contribution is -2.44. The second kappa shape index (κ2) is 10.3. The number of carbonyl (C=O) groups excluding carboxylic acids is 2. The Morgan fingerprint density at radius 2 is 1.55 bits per heavy atom. The zero-order valence-corrected chi connectivity index (χ0v) is 18.7. The Labute approximate surface area is 193 Å². The molecule has 0 atom stereocenters. The number of hydrogen-bond donors (Lipinski definition) is 2. The van der Waals surface area contributed by atoms with Gasteiger partial charge < -0.3 is 20.1 Å². The van der Waals surface area contributed by atoms with E-state index in [-0.39, 0.29) is 17.2 Å². The van der Waals surface area contributed by atoms with E-state index in [9.17, 15) is 9.59 Å². The summed E-state index contributed by atoms with van der Waals surface area (Å²) in [4.78, 5) is 25.9. The molecular weight excluding hydrogens is 416 g/mol. The van der Waals surface area contributed by atoms with Gasteiger partial charge in [0.15, 0.2) is 0 Å². The minimum Gasteiger partial charge on any atom is -0.497 e. The first-order valence-electron chi connectivity index (χ1n) is 11.1. The zero-order valence-electron chi connectivity index (χ0n) is 18.7. The van der Waals surface area contributed by atoms with E-state index in [1.165, 1.54) is 5.56 Å². The van der Waals surface area contributed by atoms with Gasteiger partial charge in [-0.05, 0) is 54.8 Å². The van der Waals surface area contributed by atoms with E-state index < -0.39 is 0 Å². The van der Waals surface area contributed by atoms with Gasteiger partial charge in [-0.3, -0.25) is 9.59 Å². The number of carbonyl (C=O) groups is 2. The number of hydrogen-bond acceptors (Lipinski definition) is 4. The molecule has 0 unspecified atom stereocenters. The van der Waals surface area contributed by atoms with Crippen LogP contribution in [0.1, 0.15) is 39.1 Å². The molecule has 1 heterocycles. The average Bonchev–Trinajstić information content (AvgIpc) is 2.88. The van der Waals surface area contributed by atoms with Gasteiger partial charge in [-0.2, -0.15) is 0 Å². The number of para-hydroxylation sites is 1. The summed E-state index contributed by atoms with van der Waals surface area (Å²) in [5.74, 6) is 0.164. The van der Waals surface area contributed by atoms with Gasteiger partial charge in [0.05, 0.1) is 18.4 Å². The number of nitrogens with one attached hydrogen (secondary N) is 2. The summed E-state index contributed by atoms with van der Waals surface area (Å²) in [6.45, 7) is 1.83. The van der Waals surface area contributed by atoms with Gasteiger partial charge in [0, 0.05) is 30.7 Å². The van der Waals surface area contributed by atoms with Gasteiger partial charge in [0.25, 0.3) is 11.8 Å². The molecule has 1 fully saturated rings. The van der Waals surface area contributed by atoms with Crippen molar-refractivity contribution in [3.8, 4) is 5.75 Å². The first kappa shape index (κ1) is 22.6. The van der Waals surface area contributed by atoms with Crippen LogP contribution in [0.3, 0.4) is 0 Å². The first-order chi connectivity index (χ1) is 16.1. The maximum absolute atomic E-state index is 13.2. The third kappa shape index (κ3) is 5.23. The van der Waals surface area contributed by atoms with Crippen molar-refractivity contribution in [3.63, 3.8) is 0 Å². The fourth-order valence-corrected chi connectivity index (χ4v) is 4.19. The van der Waals surface area contributed by atoms with Crippen LogP contribution < -0.4 is 15.4 Å². The van der Waals surface area contributed by atoms with Gasteiger partial charge in [-0.25, -0.2) is 0 Å². The van der Waals surface area contributed by atoms with E-state index in [0.29, 0.717) is 42.3 Å². The summed E-state index contributed by atoms with van der Waals surface area (Å²) in [5.41, 5.74) is 2.41. The minimum atomic E-state index is -0.289. The third-order valence-electron chi connectivity index (χ3n) is 6.20. The van der Waals surface area contributed by atoms with Crippen LogP contribution in [0.5, 0.6) is 5.75 Å². The molecule has 4 rings (SSSR count). The second-order valence-corrected chi connectivity index (χ2v) is 8.17. The summed E-state index contributed by atoms with van der Waals surface area (Å²) in [6.07, 6.45) is 1.68. The van der Waals surface area contributed by atoms with E-state index in [0.717, 1.165) is 12.8 Å². The standard InChI is InChI=1S/C27H28N2O4/c1-32-22-13-11-20(12-14-22)25(30)29-24-10-6-5-9-23(24)26(31)28-19-27(15-17-33-18-16-27)21-7-3-2-4-8-21/h2-14H,15-19H2,1H3,(H,28,31)(H,29,30). The van der Waals surface area contributed by atoms with Crippen LogP contribution in [-0.2, 0) is 10.2 Å². The Morgan fingerprint density at radius 3 is 2.24 bits per heavy atom. The first-order valence-corrected chi connectivity index (χ1v) is 11.1. The van der Waals surface area contributed by atoms with E-state index >= 15 is 0 Å². The van der Waals surface area contributed by atoms with Crippen molar-refractivity contribution in [1.29, 1.82) is 0 Å². The van der Waals surface area contributed by atoms with Gasteiger partial charge in [0.2, 0.25) is 0 Å². The number of ether oxygens (including phenoxy) is 2. The van der Waals surface area contributed by atoms with E-state index in [1.807, 2.05) is 18.2 Å². The van der Waals surface area contributed by atoms with Crippen molar-refractivity contribution in [3.05, 3.63) is 95.6 Å². The molecule has 1 aliphatic rings. The molecule has 6 nitrogen and oxygen atoms in total. The average molecular weight is 445 g/mol. The third-order valence-corrected chi connectivity index (χ3v) is 6.20. The maximum Gasteiger partial charge on any atom is 0.255 e. The van der Waals surface area contributed by atoms with Crippen molar-refractivity contribution in [1.82, 2.24) is 5.32 Å². The quantitative estimate of drug-likeness (QED) is 0.565. The number of methoxy groups -OCH3 is 1. The molecular formula is C27H28N2O4. The van der Waals surface area contributed by atoms with Crippen LogP contribution in [0.4, 0.5) is 5.69 Å². The van der Waals surface area contributed by atoms with Crippen molar-refractivity contribution < 1.29 is 19.1 Å². The molecule has 0 aromatic heterocycles. The van der Waals surface area contributed by atoms with E-state index in [2.05, 4.69) is 22.8 Å². The Kier molecular flexibility index (Phi) is 7.05. The molecule has 1 aliphatic heterocycles. The van der Waals surface area contributed by atoms with Gasteiger partial charge in [0.1, 0.15) is 5.75 Å². The fourth-order valence-electron chi connectivity index (χ4n) is 4.19. The molecule has 0 aliphatic carbocycles. The smallest absolute Gasteiger partial charge is 0.255 e. The predicted molar refractivity (Wildman–Crippen MR) is 128 cm³/mol. The number of amides is 2. The van der Waals surface area contributed by atoms with Crippen LogP contribution in [0, 0.1) is 0 Å². The minimum absolute atomic E-state index is 0.170. The van der Waals surface area contributed by atoms with Crippen LogP contribution >= 0.6 is 0 Å². The highest BCUT2D eigenvalue weighted by Crippen LogP contribution is 2.34. The largest absolute Gasteiger partial charge is 0.497 e. The molecule has 1 saturated heterocycles. The van der Waals surface area contributed by atoms with E-state index in [4.69, 9.17) is 9.47 Å². The lowest BCUT2D eigenvalue weighted by molar-refractivity contribution is 0.0487. The highest BCUT2D eigenvalue weighted by atomic mass is 16.5. The Balaban J connectivity index is 1.49. The molecule has 0 spiro atoms. The summed E-state index contributed by atoms with van der Waals surface area (Å²) >= 11 is 0. The molecule has 170 valence electrons. The monoisotopic (exact) mass is 444 g/mol. The van der Waals surface area contributed by atoms with Gasteiger partial charge >= 0.3 is 0 Å². The van der Waals surface area contributed by atoms with Crippen LogP contribution in [-0.4, -0.2) is 38.7 Å². The Morgan fingerprint density at radius 1 is 0.879 bits per heavy atom. The van der Waals surface area contributed by atoms with Gasteiger partial charge in [-0.1, -0.05) is 42.5 Å². The molecule has 3 aromatic rings. The zero-order chi connectivity index (χ0) is 23.1. The molecule has 3 aromatic carbocycles. The highest BCUT2D eigenvalue weighted by molar-refractivity contribution is 6.09. The molecule has 0 radical (unpaired) electrons. The molecule has 33 heavy (non-hydrogen) atoms. The lowest BCUT2D eigenvalue weighted by atomic mass is 9.74. The number of anilines is 1. The number of rotatable bonds is 7. The Hall–Kier alpha value is -3.64. The molecule has 0 bridgehead atoms. The molecule has 2 N–H and O–H groups in total. The topological polar surface area (TPSA) is 76.7 Å². The van der Waals surface area contributed by atoms with Crippen molar-refractivity contribution in [2.75, 3.05) is 32.2 Å². The summed E-state index contributed by atoms with van der Waals surface area (Å²) in [5, 5.41) is 5.98. The normalized spacial score (nSPS) is 14.8. The second-order valence-electron chi connectivity index (χ2n) is 8.17. The highest BCUT2D eigenvalue weighted by Gasteiger charge is 2.35. The predicted octanol–water partition coefficient (Wildman–Crippen LogP) is 4.43. The summed E-state index contributed by atoms with van der Waals surface area (Å²) in [6, 6.07) is 24.1. The lowest BCUT2D eigenvalue weighted by Gasteiger charge is -2.38. The summed E-state index contributed by atoms with van der Waals surface area (Å²) in [7, 11) is 1.58. The van der Waals surface area contributed by atoms with Crippen molar-refractivity contribution in [2.45, 2.75) is 18.3 Å². The number of benzene rings is 3. The van der Waals surface area contributed by atoms with Crippen LogP contribution in [0.2, 0.25) is 0 Å². The van der Waals surface area contributed by atoms with Crippen LogP contribution in [0.25, 0.3) is 0 Å². The van der Waals surface area contributed by atoms with Crippen LogP contribution in [0.15, 0.2) is 78.9 Å².